The number of hydrogen-bond donors (Lipinski definition) is 1. The summed E-state index contributed by atoms with van der Waals surface area (Å²) in [6, 6.07) is 14.8. The Balaban J connectivity index is 2.00. The van der Waals surface area contributed by atoms with E-state index >= 15 is 0 Å². The fraction of sp³-hybridized carbons (Fsp3) is 0.250. The van der Waals surface area contributed by atoms with Gasteiger partial charge in [-0.25, -0.2) is 0 Å². The van der Waals surface area contributed by atoms with Crippen LogP contribution in [0, 0.1) is 6.92 Å². The van der Waals surface area contributed by atoms with Gasteiger partial charge in [0, 0.05) is 22.1 Å². The molecule has 0 saturated heterocycles. The lowest BCUT2D eigenvalue weighted by Gasteiger charge is -2.15. The first-order chi connectivity index (χ1) is 9.06. The fourth-order valence-corrected chi connectivity index (χ4v) is 2.48. The molecule has 0 aliphatic carbocycles. The van der Waals surface area contributed by atoms with Gasteiger partial charge in [0.1, 0.15) is 0 Å². The molecule has 0 bridgehead atoms. The van der Waals surface area contributed by atoms with E-state index in [-0.39, 0.29) is 0 Å². The van der Waals surface area contributed by atoms with E-state index in [4.69, 9.17) is 11.6 Å². The molecule has 0 aromatic heterocycles. The van der Waals surface area contributed by atoms with Crippen LogP contribution in [0.1, 0.15) is 29.7 Å². The molecule has 0 heterocycles. The highest BCUT2D eigenvalue weighted by Crippen LogP contribution is 2.19. The van der Waals surface area contributed by atoms with Crippen LogP contribution >= 0.6 is 27.5 Å². The molecule has 0 fully saturated rings. The highest BCUT2D eigenvalue weighted by molar-refractivity contribution is 9.10. The summed E-state index contributed by atoms with van der Waals surface area (Å²) in [6.45, 7) is 5.11. The van der Waals surface area contributed by atoms with Gasteiger partial charge >= 0.3 is 0 Å². The van der Waals surface area contributed by atoms with Gasteiger partial charge in [0.25, 0.3) is 0 Å². The Morgan fingerprint density at radius 1 is 1.16 bits per heavy atom. The molecule has 0 radical (unpaired) electrons. The van der Waals surface area contributed by atoms with Crippen molar-refractivity contribution in [1.29, 1.82) is 0 Å². The van der Waals surface area contributed by atoms with Crippen LogP contribution in [0.5, 0.6) is 0 Å². The second kappa shape index (κ2) is 6.56. The van der Waals surface area contributed by atoms with Gasteiger partial charge in [-0.1, -0.05) is 45.7 Å². The zero-order valence-electron chi connectivity index (χ0n) is 11.1. The van der Waals surface area contributed by atoms with E-state index in [9.17, 15) is 0 Å². The van der Waals surface area contributed by atoms with Crippen LogP contribution in [0.25, 0.3) is 0 Å². The minimum atomic E-state index is 0.322. The number of aryl methyl sites for hydroxylation is 1. The summed E-state index contributed by atoms with van der Waals surface area (Å²) in [6.07, 6.45) is 0. The topological polar surface area (TPSA) is 12.0 Å². The van der Waals surface area contributed by atoms with Crippen LogP contribution in [0.15, 0.2) is 46.9 Å². The van der Waals surface area contributed by atoms with Crippen LogP contribution in [-0.4, -0.2) is 0 Å². The molecule has 0 amide bonds. The molecule has 2 aromatic carbocycles. The maximum atomic E-state index is 5.97. The van der Waals surface area contributed by atoms with Gasteiger partial charge in [0.2, 0.25) is 0 Å². The lowest BCUT2D eigenvalue weighted by molar-refractivity contribution is 0.573. The van der Waals surface area contributed by atoms with Crippen LogP contribution in [0.2, 0.25) is 5.02 Å². The molecule has 19 heavy (non-hydrogen) atoms. The summed E-state index contributed by atoms with van der Waals surface area (Å²) in [5, 5.41) is 4.33. The Labute approximate surface area is 128 Å². The van der Waals surface area contributed by atoms with Crippen molar-refractivity contribution in [2.24, 2.45) is 0 Å². The Hall–Kier alpha value is -0.830. The third kappa shape index (κ3) is 4.07. The zero-order valence-corrected chi connectivity index (χ0v) is 13.4. The number of halogens is 2. The second-order valence-electron chi connectivity index (χ2n) is 4.72. The normalized spacial score (nSPS) is 12.4. The van der Waals surface area contributed by atoms with Gasteiger partial charge in [0.15, 0.2) is 0 Å². The molecule has 0 aliphatic rings. The Morgan fingerprint density at radius 3 is 2.47 bits per heavy atom. The molecular weight excluding hydrogens is 322 g/mol. The molecule has 1 unspecified atom stereocenters. The van der Waals surface area contributed by atoms with E-state index in [1.165, 1.54) is 16.7 Å². The quantitative estimate of drug-likeness (QED) is 0.801. The van der Waals surface area contributed by atoms with Crippen LogP contribution in [-0.2, 0) is 6.54 Å². The van der Waals surface area contributed by atoms with Gasteiger partial charge < -0.3 is 5.32 Å². The fourth-order valence-electron chi connectivity index (χ4n) is 1.99. The Morgan fingerprint density at radius 2 is 1.84 bits per heavy atom. The van der Waals surface area contributed by atoms with E-state index in [1.54, 1.807) is 0 Å². The average Bonchev–Trinajstić information content (AvgIpc) is 2.38. The lowest BCUT2D eigenvalue weighted by atomic mass is 10.1. The summed E-state index contributed by atoms with van der Waals surface area (Å²) in [7, 11) is 0. The minimum Gasteiger partial charge on any atom is -0.306 e. The number of hydrogen-bond acceptors (Lipinski definition) is 1. The molecule has 1 N–H and O–H groups in total. The lowest BCUT2D eigenvalue weighted by Crippen LogP contribution is -2.18. The first-order valence-corrected chi connectivity index (χ1v) is 7.47. The molecule has 100 valence electrons. The molecule has 3 heteroatoms. The van der Waals surface area contributed by atoms with E-state index in [1.807, 2.05) is 12.1 Å². The Bertz CT molecular complexity index is 551. The molecule has 0 aliphatic heterocycles. The van der Waals surface area contributed by atoms with E-state index < -0.39 is 0 Å². The van der Waals surface area contributed by atoms with E-state index in [2.05, 4.69) is 65.4 Å². The number of rotatable bonds is 4. The van der Waals surface area contributed by atoms with Crippen molar-refractivity contribution < 1.29 is 0 Å². The summed E-state index contributed by atoms with van der Waals surface area (Å²) < 4.78 is 1.11. The Kier molecular flexibility index (Phi) is 5.03. The summed E-state index contributed by atoms with van der Waals surface area (Å²) >= 11 is 9.42. The molecule has 2 rings (SSSR count). The molecule has 0 spiro atoms. The predicted octanol–water partition coefficient (Wildman–Crippen LogP) is 5.26. The van der Waals surface area contributed by atoms with Crippen LogP contribution < -0.4 is 5.32 Å². The highest BCUT2D eigenvalue weighted by Gasteiger charge is 2.06. The second-order valence-corrected chi connectivity index (χ2v) is 6.08. The predicted molar refractivity (Wildman–Crippen MR) is 85.6 cm³/mol. The first kappa shape index (κ1) is 14.6. The maximum absolute atomic E-state index is 5.97. The van der Waals surface area contributed by atoms with Crippen molar-refractivity contribution in [1.82, 2.24) is 5.32 Å². The van der Waals surface area contributed by atoms with Crippen LogP contribution in [0.3, 0.4) is 0 Å². The van der Waals surface area contributed by atoms with Crippen LogP contribution in [0.4, 0.5) is 0 Å². The molecule has 1 nitrogen and oxygen atoms in total. The van der Waals surface area contributed by atoms with Crippen molar-refractivity contribution in [2.45, 2.75) is 26.4 Å². The number of benzene rings is 2. The van der Waals surface area contributed by atoms with Crippen molar-refractivity contribution in [3.05, 3.63) is 68.7 Å². The zero-order chi connectivity index (χ0) is 13.8. The summed E-state index contributed by atoms with van der Waals surface area (Å²) in [5.41, 5.74) is 3.80. The van der Waals surface area contributed by atoms with Gasteiger partial charge in [0.05, 0.1) is 0 Å². The van der Waals surface area contributed by atoms with E-state index in [0.29, 0.717) is 6.04 Å². The molecule has 0 saturated carbocycles. The van der Waals surface area contributed by atoms with Gasteiger partial charge in [-0.05, 0) is 54.8 Å². The first-order valence-electron chi connectivity index (χ1n) is 6.30. The molecule has 2 aromatic rings. The number of nitrogens with one attached hydrogen (secondary N) is 1. The minimum absolute atomic E-state index is 0.322. The SMILES string of the molecule is Cc1cc(Cl)ccc1CNC(C)c1ccc(Br)cc1. The van der Waals surface area contributed by atoms with Crippen molar-refractivity contribution >= 4 is 27.5 Å². The third-order valence-corrected chi connectivity index (χ3v) is 4.04. The third-order valence-electron chi connectivity index (χ3n) is 3.27. The van der Waals surface area contributed by atoms with Gasteiger partial charge in [-0.2, -0.15) is 0 Å². The molecule has 1 atom stereocenters. The van der Waals surface area contributed by atoms with Gasteiger partial charge in [-0.3, -0.25) is 0 Å². The van der Waals surface area contributed by atoms with Crippen molar-refractivity contribution in [3.63, 3.8) is 0 Å². The summed E-state index contributed by atoms with van der Waals surface area (Å²) in [5.74, 6) is 0. The summed E-state index contributed by atoms with van der Waals surface area (Å²) in [4.78, 5) is 0. The highest BCUT2D eigenvalue weighted by atomic mass is 79.9. The van der Waals surface area contributed by atoms with Gasteiger partial charge in [-0.15, -0.1) is 0 Å². The van der Waals surface area contributed by atoms with Crippen molar-refractivity contribution in [3.8, 4) is 0 Å². The standard InChI is InChI=1S/C16H17BrClN/c1-11-9-16(18)8-5-14(11)10-19-12(2)13-3-6-15(17)7-4-13/h3-9,12,19H,10H2,1-2H3. The smallest absolute Gasteiger partial charge is 0.0408 e. The largest absolute Gasteiger partial charge is 0.306 e. The van der Waals surface area contributed by atoms with Crippen molar-refractivity contribution in [2.75, 3.05) is 0 Å². The maximum Gasteiger partial charge on any atom is 0.0408 e. The molecular formula is C16H17BrClN. The monoisotopic (exact) mass is 337 g/mol. The van der Waals surface area contributed by atoms with E-state index in [0.717, 1.165) is 16.0 Å². The average molecular weight is 339 g/mol.